The molecule has 1 N–H and O–H groups in total. The van der Waals surface area contributed by atoms with Gasteiger partial charge in [0.1, 0.15) is 0 Å². The van der Waals surface area contributed by atoms with E-state index in [9.17, 15) is 5.11 Å². The van der Waals surface area contributed by atoms with E-state index >= 15 is 0 Å². The fraction of sp³-hybridized carbons (Fsp3) is 0.714. The molecule has 3 saturated heterocycles. The van der Waals surface area contributed by atoms with E-state index in [0.29, 0.717) is 13.0 Å². The van der Waals surface area contributed by atoms with Gasteiger partial charge in [-0.05, 0) is 0 Å². The Balaban J connectivity index is 1.42. The van der Waals surface area contributed by atoms with Gasteiger partial charge in [-0.1, -0.05) is 0 Å². The molecule has 1 unspecified atom stereocenters. The fourth-order valence-electron chi connectivity index (χ4n) is 4.20. The number of hydrogen-bond acceptors (Lipinski definition) is 6. The normalized spacial score (nSPS) is 37.1. The summed E-state index contributed by atoms with van der Waals surface area (Å²) in [5.41, 5.74) is 0. The average Bonchev–Trinajstić information content (AvgIpc) is 3.24. The Morgan fingerprint density at radius 1 is 1.04 bits per heavy atom. The summed E-state index contributed by atoms with van der Waals surface area (Å²) in [4.78, 5) is 0. The topological polar surface area (TPSA) is 66.4 Å². The van der Waals surface area contributed by atoms with Crippen LogP contribution in [0.25, 0.3) is 0 Å². The third-order valence-corrected chi connectivity index (χ3v) is 7.78. The summed E-state index contributed by atoms with van der Waals surface area (Å²) in [6, 6.07) is 10.3. The van der Waals surface area contributed by atoms with Gasteiger partial charge in [-0.25, -0.2) is 0 Å². The van der Waals surface area contributed by atoms with E-state index in [2.05, 4.69) is 12.1 Å². The molecule has 0 aromatic heterocycles. The van der Waals surface area contributed by atoms with Crippen LogP contribution in [0.3, 0.4) is 0 Å². The molecule has 4 rings (SSSR count). The van der Waals surface area contributed by atoms with Gasteiger partial charge in [0, 0.05) is 0 Å². The van der Waals surface area contributed by atoms with E-state index < -0.39 is 24.0 Å². The summed E-state index contributed by atoms with van der Waals surface area (Å²) in [5, 5.41) is 11.5. The molecule has 0 radical (unpaired) electrons. The molecule has 3 heterocycles. The molecule has 6 nitrogen and oxygen atoms in total. The first-order chi connectivity index (χ1) is 13.2. The second-order valence-corrected chi connectivity index (χ2v) is 10.9. The predicted octanol–water partition coefficient (Wildman–Crippen LogP) is 1.83. The van der Waals surface area contributed by atoms with E-state index in [-0.39, 0.29) is 39.2 Å². The zero-order valence-electron chi connectivity index (χ0n) is 16.9. The minimum absolute atomic E-state index is 0.00384. The number of fused-ring (bicyclic) bond motifs is 1. The van der Waals surface area contributed by atoms with Crippen molar-refractivity contribution >= 4 is 19.4 Å². The van der Waals surface area contributed by atoms with E-state index in [0.717, 1.165) is 5.32 Å². The van der Waals surface area contributed by atoms with Crippen LogP contribution in [0.1, 0.15) is 34.1 Å². The second kappa shape index (κ2) is 7.97. The van der Waals surface area contributed by atoms with Crippen molar-refractivity contribution in [2.75, 3.05) is 6.61 Å². The van der Waals surface area contributed by atoms with Crippen molar-refractivity contribution in [1.82, 2.24) is 0 Å². The van der Waals surface area contributed by atoms with Crippen molar-refractivity contribution in [2.24, 2.45) is 5.92 Å². The molecule has 3 aliphatic rings. The molecule has 0 bridgehead atoms. The van der Waals surface area contributed by atoms with Crippen molar-refractivity contribution < 1.29 is 28.8 Å². The monoisotopic (exact) mass is 458 g/mol. The van der Waals surface area contributed by atoms with Crippen LogP contribution < -0.4 is 4.46 Å². The number of rotatable bonds is 6. The third-order valence-electron chi connectivity index (χ3n) is 5.35. The van der Waals surface area contributed by atoms with Crippen LogP contribution in [0.5, 0.6) is 0 Å². The average molecular weight is 457 g/mol. The maximum atomic E-state index is 10.8. The molecule has 1 aromatic carbocycles. The van der Waals surface area contributed by atoms with Crippen LogP contribution in [-0.2, 0) is 23.7 Å². The third kappa shape index (κ3) is 4.63. The van der Waals surface area contributed by atoms with Gasteiger partial charge in [-0.15, -0.1) is 0 Å². The molecular formula is C21H30O6Se. The summed E-state index contributed by atoms with van der Waals surface area (Å²) in [6.07, 6.45) is -0.854. The molecule has 3 fully saturated rings. The Morgan fingerprint density at radius 2 is 1.79 bits per heavy atom. The van der Waals surface area contributed by atoms with Gasteiger partial charge < -0.3 is 0 Å². The SMILES string of the molecule is CC1(C)O[C@H]2O[C@H]([C@H]3COC(C)(C)O3)[C@H](CC(O)C[Se]c3ccccc3)[C@H]2O1. The van der Waals surface area contributed by atoms with Crippen LogP contribution in [0.4, 0.5) is 0 Å². The standard InChI is InChI=1S/C21H30O6Se/c1-20(2)23-11-16(25-20)17-15(18-19(24-17)27-21(3,4)26-18)10-13(22)12-28-14-8-6-5-7-9-14/h5-9,13,15-19,22H,10-12H2,1-4H3/t13?,15-,16+,17-,18+,19+/m0/s1. The van der Waals surface area contributed by atoms with Gasteiger partial charge in [-0.2, -0.15) is 0 Å². The maximum absolute atomic E-state index is 10.8. The van der Waals surface area contributed by atoms with Gasteiger partial charge in [0.25, 0.3) is 0 Å². The first-order valence-electron chi connectivity index (χ1n) is 9.91. The Labute approximate surface area is 173 Å². The van der Waals surface area contributed by atoms with Crippen molar-refractivity contribution in [3.8, 4) is 0 Å². The molecular weight excluding hydrogens is 427 g/mol. The summed E-state index contributed by atoms with van der Waals surface area (Å²) in [7, 11) is 0. The molecule has 0 saturated carbocycles. The van der Waals surface area contributed by atoms with Gasteiger partial charge in [-0.3, -0.25) is 0 Å². The second-order valence-electron chi connectivity index (χ2n) is 8.61. The van der Waals surface area contributed by atoms with Crippen molar-refractivity contribution in [3.05, 3.63) is 30.3 Å². The van der Waals surface area contributed by atoms with Crippen molar-refractivity contribution in [3.63, 3.8) is 0 Å². The molecule has 1 aromatic rings. The Hall–Kier alpha value is -0.501. The van der Waals surface area contributed by atoms with Gasteiger partial charge in [0.2, 0.25) is 0 Å². The first-order valence-corrected chi connectivity index (χ1v) is 12.0. The Bertz CT molecular complexity index is 666. The predicted molar refractivity (Wildman–Crippen MR) is 104 cm³/mol. The van der Waals surface area contributed by atoms with Crippen LogP contribution >= 0.6 is 0 Å². The van der Waals surface area contributed by atoms with Gasteiger partial charge in [0.05, 0.1) is 0 Å². The van der Waals surface area contributed by atoms with Crippen LogP contribution in [-0.4, -0.2) is 69.0 Å². The minimum atomic E-state index is -0.677. The number of hydrogen-bond donors (Lipinski definition) is 1. The molecule has 0 spiro atoms. The molecule has 7 heteroatoms. The van der Waals surface area contributed by atoms with Crippen LogP contribution in [0, 0.1) is 5.92 Å². The fourth-order valence-corrected chi connectivity index (χ4v) is 6.02. The van der Waals surface area contributed by atoms with E-state index in [1.807, 2.05) is 45.9 Å². The van der Waals surface area contributed by atoms with E-state index in [1.165, 1.54) is 4.46 Å². The van der Waals surface area contributed by atoms with Crippen molar-refractivity contribution in [2.45, 2.75) is 81.7 Å². The number of benzene rings is 1. The number of aliphatic hydroxyl groups excluding tert-OH is 1. The molecule has 28 heavy (non-hydrogen) atoms. The molecule has 3 aliphatic heterocycles. The number of ether oxygens (including phenoxy) is 5. The summed E-state index contributed by atoms with van der Waals surface area (Å²) >= 11 is 0.232. The first kappa shape index (κ1) is 20.8. The van der Waals surface area contributed by atoms with E-state index in [4.69, 9.17) is 23.7 Å². The molecule has 156 valence electrons. The Kier molecular flexibility index (Phi) is 5.91. The molecule has 6 atom stereocenters. The summed E-state index contributed by atoms with van der Waals surface area (Å²) < 4.78 is 31.4. The zero-order chi connectivity index (χ0) is 19.9. The van der Waals surface area contributed by atoms with Crippen molar-refractivity contribution in [1.29, 1.82) is 0 Å². The zero-order valence-corrected chi connectivity index (χ0v) is 18.6. The van der Waals surface area contributed by atoms with Crippen LogP contribution in [0.15, 0.2) is 30.3 Å². The van der Waals surface area contributed by atoms with E-state index in [1.54, 1.807) is 0 Å². The molecule has 0 aliphatic carbocycles. The summed E-state index contributed by atoms with van der Waals surface area (Å²) in [5.74, 6) is -1.30. The van der Waals surface area contributed by atoms with Crippen LogP contribution in [0.2, 0.25) is 5.32 Å². The molecule has 0 amide bonds. The van der Waals surface area contributed by atoms with Gasteiger partial charge in [0.15, 0.2) is 0 Å². The quantitative estimate of drug-likeness (QED) is 0.658. The van der Waals surface area contributed by atoms with Gasteiger partial charge >= 0.3 is 173 Å². The summed E-state index contributed by atoms with van der Waals surface area (Å²) in [6.45, 7) is 8.08. The number of aliphatic hydroxyl groups is 1. The Morgan fingerprint density at radius 3 is 2.46 bits per heavy atom.